The minimum absolute atomic E-state index is 0.101. The summed E-state index contributed by atoms with van der Waals surface area (Å²) in [4.78, 5) is 24.0. The number of aliphatic carboxylic acids is 1. The summed E-state index contributed by atoms with van der Waals surface area (Å²) in [6.07, 6.45) is 1.14. The molecule has 0 saturated heterocycles. The molecule has 7 heteroatoms. The summed E-state index contributed by atoms with van der Waals surface area (Å²) in [6.45, 7) is 7.30. The van der Waals surface area contributed by atoms with Gasteiger partial charge < -0.3 is 10.4 Å². The van der Waals surface area contributed by atoms with E-state index in [1.54, 1.807) is 18.5 Å². The van der Waals surface area contributed by atoms with Gasteiger partial charge in [0, 0.05) is 11.7 Å². The fraction of sp³-hybridized carbons (Fsp3) is 0.389. The number of rotatable bonds is 6. The van der Waals surface area contributed by atoms with Gasteiger partial charge in [0.05, 0.1) is 23.7 Å². The first-order chi connectivity index (χ1) is 11.6. The first-order valence-electron chi connectivity index (χ1n) is 7.98. The first-order valence-corrected chi connectivity index (χ1v) is 7.98. The van der Waals surface area contributed by atoms with Gasteiger partial charge in [-0.3, -0.25) is 14.3 Å². The smallest absolute Gasteiger partial charge is 0.306 e. The highest BCUT2D eigenvalue weighted by molar-refractivity contribution is 5.96. The molecule has 2 rings (SSSR count). The van der Waals surface area contributed by atoms with E-state index in [9.17, 15) is 19.1 Å². The van der Waals surface area contributed by atoms with E-state index in [-0.39, 0.29) is 12.5 Å². The van der Waals surface area contributed by atoms with E-state index < -0.39 is 23.2 Å². The second-order valence-electron chi connectivity index (χ2n) is 6.55. The van der Waals surface area contributed by atoms with Crippen LogP contribution in [0.15, 0.2) is 30.5 Å². The zero-order valence-electron chi connectivity index (χ0n) is 14.7. The third-order valence-electron chi connectivity index (χ3n) is 4.15. The van der Waals surface area contributed by atoms with Crippen molar-refractivity contribution < 1.29 is 19.1 Å². The Balaban J connectivity index is 2.35. The van der Waals surface area contributed by atoms with Crippen LogP contribution in [-0.2, 0) is 10.3 Å². The second-order valence-corrected chi connectivity index (χ2v) is 6.55. The van der Waals surface area contributed by atoms with Crippen LogP contribution in [0.1, 0.15) is 54.8 Å². The molecule has 0 aliphatic carbocycles. The Bertz CT molecular complexity index is 783. The maximum Gasteiger partial charge on any atom is 0.306 e. The van der Waals surface area contributed by atoms with Crippen LogP contribution in [0.5, 0.6) is 0 Å². The summed E-state index contributed by atoms with van der Waals surface area (Å²) in [5.41, 5.74) is 0.415. The summed E-state index contributed by atoms with van der Waals surface area (Å²) in [5.74, 6) is -1.92. The zero-order chi connectivity index (χ0) is 18.8. The molecule has 0 saturated carbocycles. The van der Waals surface area contributed by atoms with Crippen molar-refractivity contribution >= 4 is 11.9 Å². The number of carbonyl (C=O) groups excluding carboxylic acids is 1. The molecular weight excluding hydrogens is 325 g/mol. The van der Waals surface area contributed by atoms with Gasteiger partial charge in [0.2, 0.25) is 0 Å². The van der Waals surface area contributed by atoms with E-state index in [0.717, 1.165) is 0 Å². The summed E-state index contributed by atoms with van der Waals surface area (Å²) < 4.78 is 14.9. The first kappa shape index (κ1) is 18.6. The van der Waals surface area contributed by atoms with Crippen molar-refractivity contribution in [2.45, 2.75) is 45.7 Å². The molecule has 1 atom stereocenters. The number of benzene rings is 1. The van der Waals surface area contributed by atoms with Gasteiger partial charge in [-0.2, -0.15) is 5.10 Å². The molecule has 6 nitrogen and oxygen atoms in total. The Morgan fingerprint density at radius 3 is 2.40 bits per heavy atom. The van der Waals surface area contributed by atoms with Gasteiger partial charge in [0.25, 0.3) is 5.91 Å². The number of amides is 1. The van der Waals surface area contributed by atoms with Crippen LogP contribution >= 0.6 is 0 Å². The Kier molecular flexibility index (Phi) is 5.25. The molecule has 1 heterocycles. The number of halogens is 1. The highest BCUT2D eigenvalue weighted by atomic mass is 19.1. The monoisotopic (exact) mass is 347 g/mol. The molecule has 0 aliphatic heterocycles. The third-order valence-corrected chi connectivity index (χ3v) is 4.15. The average Bonchev–Trinajstić information content (AvgIpc) is 2.88. The predicted octanol–water partition coefficient (Wildman–Crippen LogP) is 3.03. The van der Waals surface area contributed by atoms with Crippen LogP contribution in [0.2, 0.25) is 0 Å². The topological polar surface area (TPSA) is 84.2 Å². The van der Waals surface area contributed by atoms with Gasteiger partial charge in [0.15, 0.2) is 0 Å². The predicted molar refractivity (Wildman–Crippen MR) is 90.8 cm³/mol. The Morgan fingerprint density at radius 2 is 1.92 bits per heavy atom. The molecular formula is C18H22FN3O3. The standard InChI is InChI=1S/C18H22FN3O3/c1-11(2)22-12(3)15(10-20-22)17(25)21-18(4,9-16(23)24)13-5-7-14(19)8-6-13/h5-8,10-11H,9H2,1-4H3,(H,21,25)(H,23,24). The van der Waals surface area contributed by atoms with Crippen molar-refractivity contribution in [1.29, 1.82) is 0 Å². The van der Waals surface area contributed by atoms with Crippen LogP contribution in [0.25, 0.3) is 0 Å². The van der Waals surface area contributed by atoms with Crippen LogP contribution < -0.4 is 5.32 Å². The van der Waals surface area contributed by atoms with Crippen LogP contribution in [0, 0.1) is 12.7 Å². The van der Waals surface area contributed by atoms with E-state index in [4.69, 9.17) is 0 Å². The Morgan fingerprint density at radius 1 is 1.32 bits per heavy atom. The maximum atomic E-state index is 13.2. The van der Waals surface area contributed by atoms with Gasteiger partial charge in [0.1, 0.15) is 5.82 Å². The number of carboxylic acid groups (broad SMARTS) is 1. The van der Waals surface area contributed by atoms with Gasteiger partial charge in [-0.1, -0.05) is 12.1 Å². The number of nitrogens with zero attached hydrogens (tertiary/aromatic N) is 2. The molecule has 2 aromatic rings. The molecule has 1 aromatic carbocycles. The van der Waals surface area contributed by atoms with E-state index in [0.29, 0.717) is 16.8 Å². The summed E-state index contributed by atoms with van der Waals surface area (Å²) in [5, 5.41) is 16.2. The molecule has 0 fully saturated rings. The van der Waals surface area contributed by atoms with Crippen LogP contribution in [0.3, 0.4) is 0 Å². The quantitative estimate of drug-likeness (QED) is 0.841. The molecule has 2 N–H and O–H groups in total. The van der Waals surface area contributed by atoms with Gasteiger partial charge in [-0.25, -0.2) is 4.39 Å². The molecule has 0 radical (unpaired) electrons. The molecule has 134 valence electrons. The van der Waals surface area contributed by atoms with Crippen molar-refractivity contribution in [2.75, 3.05) is 0 Å². The number of carboxylic acids is 1. The van der Waals surface area contributed by atoms with Crippen LogP contribution in [-0.4, -0.2) is 26.8 Å². The fourth-order valence-electron chi connectivity index (χ4n) is 2.82. The zero-order valence-corrected chi connectivity index (χ0v) is 14.7. The second kappa shape index (κ2) is 7.04. The van der Waals surface area contributed by atoms with Crippen molar-refractivity contribution in [3.8, 4) is 0 Å². The van der Waals surface area contributed by atoms with E-state index in [1.807, 2.05) is 13.8 Å². The number of carbonyl (C=O) groups is 2. The molecule has 0 bridgehead atoms. The molecule has 1 amide bonds. The lowest BCUT2D eigenvalue weighted by molar-refractivity contribution is -0.138. The number of hydrogen-bond donors (Lipinski definition) is 2. The lowest BCUT2D eigenvalue weighted by atomic mass is 9.88. The number of hydrogen-bond acceptors (Lipinski definition) is 3. The number of aromatic nitrogens is 2. The maximum absolute atomic E-state index is 13.2. The summed E-state index contributed by atoms with van der Waals surface area (Å²) >= 11 is 0. The highest BCUT2D eigenvalue weighted by Crippen LogP contribution is 2.26. The SMILES string of the molecule is Cc1c(C(=O)NC(C)(CC(=O)O)c2ccc(F)cc2)cnn1C(C)C. The molecule has 1 aromatic heterocycles. The minimum Gasteiger partial charge on any atom is -0.481 e. The largest absolute Gasteiger partial charge is 0.481 e. The average molecular weight is 347 g/mol. The van der Waals surface area contributed by atoms with E-state index in [2.05, 4.69) is 10.4 Å². The van der Waals surface area contributed by atoms with Gasteiger partial charge >= 0.3 is 5.97 Å². The molecule has 0 spiro atoms. The van der Waals surface area contributed by atoms with Crippen LogP contribution in [0.4, 0.5) is 4.39 Å². The van der Waals surface area contributed by atoms with Crippen molar-refractivity contribution in [3.05, 3.63) is 53.1 Å². The van der Waals surface area contributed by atoms with Crippen molar-refractivity contribution in [1.82, 2.24) is 15.1 Å². The lowest BCUT2D eigenvalue weighted by Crippen LogP contribution is -2.45. The van der Waals surface area contributed by atoms with E-state index in [1.165, 1.54) is 30.5 Å². The number of nitrogens with one attached hydrogen (secondary N) is 1. The Hall–Kier alpha value is -2.70. The Labute approximate surface area is 145 Å². The van der Waals surface area contributed by atoms with Gasteiger partial charge in [-0.05, 0) is 45.4 Å². The fourth-order valence-corrected chi connectivity index (χ4v) is 2.82. The van der Waals surface area contributed by atoms with E-state index >= 15 is 0 Å². The molecule has 25 heavy (non-hydrogen) atoms. The van der Waals surface area contributed by atoms with Gasteiger partial charge in [-0.15, -0.1) is 0 Å². The molecule has 0 aliphatic rings. The molecule has 1 unspecified atom stereocenters. The summed E-state index contributed by atoms with van der Waals surface area (Å²) in [6, 6.07) is 5.53. The van der Waals surface area contributed by atoms with Crippen molar-refractivity contribution in [2.24, 2.45) is 0 Å². The normalized spacial score (nSPS) is 13.5. The minimum atomic E-state index is -1.18. The lowest BCUT2D eigenvalue weighted by Gasteiger charge is -2.30. The van der Waals surface area contributed by atoms with Crippen molar-refractivity contribution in [3.63, 3.8) is 0 Å². The third kappa shape index (κ3) is 4.04. The summed E-state index contributed by atoms with van der Waals surface area (Å²) in [7, 11) is 0. The highest BCUT2D eigenvalue weighted by Gasteiger charge is 2.32.